The summed E-state index contributed by atoms with van der Waals surface area (Å²) in [5, 5.41) is 6.22. The van der Waals surface area contributed by atoms with E-state index in [1.165, 1.54) is 28.0 Å². The first-order chi connectivity index (χ1) is 18.2. The maximum absolute atomic E-state index is 13.7. The van der Waals surface area contributed by atoms with Gasteiger partial charge in [-0.15, -0.1) is 11.8 Å². The summed E-state index contributed by atoms with van der Waals surface area (Å²) in [5.74, 6) is 0.480. The second-order valence-electron chi connectivity index (χ2n) is 9.90. The van der Waals surface area contributed by atoms with Gasteiger partial charge in [0.15, 0.2) is 5.13 Å². The van der Waals surface area contributed by atoms with E-state index >= 15 is 0 Å². The first kappa shape index (κ1) is 27.7. The van der Waals surface area contributed by atoms with E-state index in [0.29, 0.717) is 48.4 Å². The quantitative estimate of drug-likeness (QED) is 0.227. The van der Waals surface area contributed by atoms with Crippen molar-refractivity contribution in [1.82, 2.24) is 15.3 Å². The minimum atomic E-state index is -0.489. The molecule has 1 fully saturated rings. The molecule has 2 N–H and O–H groups in total. The normalized spacial score (nSPS) is 14.2. The number of piperidine rings is 1. The fraction of sp³-hybridized carbons (Fsp3) is 0.370. The summed E-state index contributed by atoms with van der Waals surface area (Å²) in [4.78, 5) is 49.1. The van der Waals surface area contributed by atoms with Crippen LogP contribution in [0, 0.1) is 5.92 Å². The number of hydrogen-bond acceptors (Lipinski definition) is 9. The fourth-order valence-electron chi connectivity index (χ4n) is 3.86. The molecule has 1 aliphatic heterocycles. The zero-order chi connectivity index (χ0) is 27.3. The second kappa shape index (κ2) is 12.1. The van der Waals surface area contributed by atoms with Gasteiger partial charge in [-0.05, 0) is 50.2 Å². The van der Waals surface area contributed by atoms with Crippen LogP contribution in [0.2, 0.25) is 0 Å². The molecule has 1 aliphatic rings. The first-order valence-corrected chi connectivity index (χ1v) is 14.1. The van der Waals surface area contributed by atoms with Crippen LogP contribution in [-0.4, -0.2) is 40.8 Å². The van der Waals surface area contributed by atoms with Crippen LogP contribution in [-0.2, 0) is 20.8 Å². The van der Waals surface area contributed by atoms with Crippen LogP contribution in [0.25, 0.3) is 0 Å². The van der Waals surface area contributed by atoms with Gasteiger partial charge in [0.2, 0.25) is 17.7 Å². The molecule has 0 radical (unpaired) electrons. The molecular weight excluding hydrogens is 522 g/mol. The number of thioether (sulfide) groups is 1. The molecule has 2 aromatic heterocycles. The third kappa shape index (κ3) is 6.77. The lowest BCUT2D eigenvalue weighted by molar-refractivity contribution is -0.122. The van der Waals surface area contributed by atoms with Crippen LogP contribution in [0.4, 0.5) is 10.8 Å². The highest BCUT2D eigenvalue weighted by Gasteiger charge is 2.34. The van der Waals surface area contributed by atoms with Gasteiger partial charge in [-0.25, -0.2) is 14.9 Å². The molecule has 1 aromatic carbocycles. The molecular formula is C27H31N5O4S2. The largest absolute Gasteiger partial charge is 0.444 e. The second-order valence-corrected chi connectivity index (χ2v) is 12.2. The lowest BCUT2D eigenvalue weighted by Crippen LogP contribution is -2.44. The van der Waals surface area contributed by atoms with E-state index in [1.54, 1.807) is 36.7 Å². The summed E-state index contributed by atoms with van der Waals surface area (Å²) >= 11 is 2.76. The van der Waals surface area contributed by atoms with E-state index in [-0.39, 0.29) is 28.7 Å². The van der Waals surface area contributed by atoms with Crippen molar-refractivity contribution in [3.8, 4) is 0 Å². The Labute approximate surface area is 230 Å². The number of anilines is 2. The number of amides is 3. The lowest BCUT2D eigenvalue weighted by Gasteiger charge is -2.27. The van der Waals surface area contributed by atoms with Crippen LogP contribution in [0.15, 0.2) is 57.9 Å². The molecule has 1 saturated heterocycles. The third-order valence-electron chi connectivity index (χ3n) is 5.97. The van der Waals surface area contributed by atoms with Gasteiger partial charge in [-0.2, -0.15) is 0 Å². The number of nitrogens with one attached hydrogen (secondary N) is 2. The Morgan fingerprint density at radius 2 is 2.00 bits per heavy atom. The molecule has 9 nitrogen and oxygen atoms in total. The van der Waals surface area contributed by atoms with Crippen molar-refractivity contribution in [3.05, 3.63) is 66.5 Å². The van der Waals surface area contributed by atoms with E-state index in [4.69, 9.17) is 4.42 Å². The molecule has 0 aliphatic carbocycles. The molecule has 200 valence electrons. The monoisotopic (exact) mass is 553 g/mol. The first-order valence-electron chi connectivity index (χ1n) is 12.3. The summed E-state index contributed by atoms with van der Waals surface area (Å²) < 4.78 is 6.71. The van der Waals surface area contributed by atoms with E-state index in [9.17, 15) is 14.4 Å². The Morgan fingerprint density at radius 1 is 1.24 bits per heavy atom. The molecule has 3 amide bonds. The van der Waals surface area contributed by atoms with Crippen LogP contribution in [0.3, 0.4) is 0 Å². The molecule has 3 aromatic rings. The molecule has 0 unspecified atom stereocenters. The van der Waals surface area contributed by atoms with Crippen molar-refractivity contribution in [1.29, 1.82) is 0 Å². The zero-order valence-corrected chi connectivity index (χ0v) is 23.3. The number of rotatable bonds is 8. The van der Waals surface area contributed by atoms with E-state index in [1.807, 2.05) is 0 Å². The Morgan fingerprint density at radius 3 is 2.68 bits per heavy atom. The van der Waals surface area contributed by atoms with Gasteiger partial charge in [0.25, 0.3) is 5.91 Å². The van der Waals surface area contributed by atoms with Gasteiger partial charge < -0.3 is 15.1 Å². The SMILES string of the molecule is C=CC(=O)Nc1cccc(C(=O)N(C(=O)C2CCNCC2)c2ncc(SCc3ncc(C(C)(C)C)o3)s2)c1. The van der Waals surface area contributed by atoms with Crippen molar-refractivity contribution in [3.63, 3.8) is 0 Å². The highest BCUT2D eigenvalue weighted by Crippen LogP contribution is 2.35. The zero-order valence-electron chi connectivity index (χ0n) is 21.7. The number of carbonyl (C=O) groups excluding carboxylic acids is 3. The number of thiazole rings is 1. The Bertz CT molecular complexity index is 1320. The highest BCUT2D eigenvalue weighted by molar-refractivity contribution is 8.00. The number of oxazole rings is 1. The minimum absolute atomic E-state index is 0.130. The number of carbonyl (C=O) groups is 3. The van der Waals surface area contributed by atoms with Gasteiger partial charge in [-0.1, -0.05) is 44.8 Å². The van der Waals surface area contributed by atoms with E-state index < -0.39 is 5.91 Å². The maximum atomic E-state index is 13.7. The minimum Gasteiger partial charge on any atom is -0.444 e. The molecule has 0 saturated carbocycles. The van der Waals surface area contributed by atoms with Gasteiger partial charge in [0.05, 0.1) is 22.4 Å². The van der Waals surface area contributed by atoms with Crippen LogP contribution in [0.5, 0.6) is 0 Å². The topological polar surface area (TPSA) is 117 Å². The van der Waals surface area contributed by atoms with Gasteiger partial charge in [-0.3, -0.25) is 14.4 Å². The van der Waals surface area contributed by atoms with E-state index in [0.717, 1.165) is 16.0 Å². The number of hydrogen-bond donors (Lipinski definition) is 2. The predicted molar refractivity (Wildman–Crippen MR) is 150 cm³/mol. The summed E-state index contributed by atoms with van der Waals surface area (Å²) in [7, 11) is 0. The molecule has 0 atom stereocenters. The Kier molecular flexibility index (Phi) is 8.80. The van der Waals surface area contributed by atoms with Gasteiger partial charge in [0, 0.05) is 22.6 Å². The van der Waals surface area contributed by atoms with Crippen molar-refractivity contribution >= 4 is 51.6 Å². The van der Waals surface area contributed by atoms with Crippen molar-refractivity contribution in [2.75, 3.05) is 23.3 Å². The maximum Gasteiger partial charge on any atom is 0.267 e. The predicted octanol–water partition coefficient (Wildman–Crippen LogP) is 5.02. The number of nitrogens with zero attached hydrogens (tertiary/aromatic N) is 3. The van der Waals surface area contributed by atoms with Crippen LogP contribution >= 0.6 is 23.1 Å². The Hall–Kier alpha value is -3.28. The van der Waals surface area contributed by atoms with Crippen molar-refractivity contribution in [2.24, 2.45) is 5.92 Å². The number of aromatic nitrogens is 2. The number of imide groups is 1. The molecule has 0 bridgehead atoms. The van der Waals surface area contributed by atoms with Gasteiger partial charge >= 0.3 is 0 Å². The molecule has 11 heteroatoms. The average Bonchev–Trinajstić information content (AvgIpc) is 3.58. The smallest absolute Gasteiger partial charge is 0.267 e. The van der Waals surface area contributed by atoms with E-state index in [2.05, 4.69) is 48.0 Å². The van der Waals surface area contributed by atoms with Crippen molar-refractivity contribution in [2.45, 2.75) is 49.0 Å². The summed E-state index contributed by atoms with van der Waals surface area (Å²) in [6.45, 7) is 11.1. The van der Waals surface area contributed by atoms with Crippen LogP contribution < -0.4 is 15.5 Å². The number of benzene rings is 1. The summed E-state index contributed by atoms with van der Waals surface area (Å²) in [6, 6.07) is 6.49. The third-order valence-corrected chi connectivity index (χ3v) is 8.13. The van der Waals surface area contributed by atoms with Crippen molar-refractivity contribution < 1.29 is 18.8 Å². The average molecular weight is 554 g/mol. The van der Waals surface area contributed by atoms with Crippen LogP contribution in [0.1, 0.15) is 55.6 Å². The molecule has 38 heavy (non-hydrogen) atoms. The van der Waals surface area contributed by atoms with Gasteiger partial charge in [0.1, 0.15) is 5.76 Å². The molecule has 0 spiro atoms. The fourth-order valence-corrected chi connectivity index (χ4v) is 5.68. The molecule has 4 rings (SSSR count). The molecule has 3 heterocycles. The standard InChI is InChI=1S/C27H31N5O4S2/c1-5-21(33)31-19-8-6-7-18(13-19)25(35)32(24(34)17-9-11-28-12-10-17)26-30-15-23(38-26)37-16-22-29-14-20(36-22)27(2,3)4/h5-8,13-15,17,28H,1,9-12,16H2,2-4H3,(H,31,33). The summed E-state index contributed by atoms with van der Waals surface area (Å²) in [6.07, 6.45) is 5.85. The Balaban J connectivity index is 1.57. The highest BCUT2D eigenvalue weighted by atomic mass is 32.2. The summed E-state index contributed by atoms with van der Waals surface area (Å²) in [5.41, 5.74) is 0.578. The lowest BCUT2D eigenvalue weighted by atomic mass is 9.94.